The molecular weight excluding hydrogens is 268 g/mol. The number of hydrogen-bond donors (Lipinski definition) is 3. The average molecular weight is 292 g/mol. The summed E-state index contributed by atoms with van der Waals surface area (Å²) in [7, 11) is 0. The molecule has 0 unspecified atom stereocenters. The molecule has 0 aliphatic carbocycles. The number of nitrogens with one attached hydrogen (secondary N) is 1. The third-order valence-corrected chi connectivity index (χ3v) is 3.37. The lowest BCUT2D eigenvalue weighted by atomic mass is 9.94. The summed E-state index contributed by atoms with van der Waals surface area (Å²) in [5.74, 6) is -0.502. The van der Waals surface area contributed by atoms with Gasteiger partial charge in [0.05, 0.1) is 5.56 Å². The second-order valence-electron chi connectivity index (χ2n) is 5.82. The topological polar surface area (TPSA) is 92.4 Å². The van der Waals surface area contributed by atoms with Crippen molar-refractivity contribution < 1.29 is 14.7 Å². The van der Waals surface area contributed by atoms with Gasteiger partial charge >= 0.3 is 5.97 Å². The third kappa shape index (κ3) is 5.55. The number of rotatable bonds is 7. The Kier molecular flexibility index (Phi) is 6.37. The fraction of sp³-hybridized carbons (Fsp3) is 0.500. The summed E-state index contributed by atoms with van der Waals surface area (Å²) < 4.78 is 0. The van der Waals surface area contributed by atoms with Crippen LogP contribution in [-0.4, -0.2) is 23.5 Å². The van der Waals surface area contributed by atoms with Crippen LogP contribution in [0.4, 0.5) is 5.69 Å². The molecule has 0 spiro atoms. The molecule has 4 N–H and O–H groups in total. The zero-order chi connectivity index (χ0) is 16.0. The lowest BCUT2D eigenvalue weighted by molar-refractivity contribution is -0.117. The van der Waals surface area contributed by atoms with E-state index in [1.165, 1.54) is 12.1 Å². The standard InChI is InChI=1S/C16H24N2O3/c1-10(2)6-12(9-17)7-15(19)18-14-8-13(16(20)21)5-4-11(14)3/h4-5,8,10,12H,6-7,9,17H2,1-3H3,(H,18,19)(H,20,21)/t12-/m0/s1. The van der Waals surface area contributed by atoms with E-state index in [1.54, 1.807) is 6.07 Å². The summed E-state index contributed by atoms with van der Waals surface area (Å²) in [6.45, 7) is 6.50. The van der Waals surface area contributed by atoms with E-state index in [9.17, 15) is 9.59 Å². The van der Waals surface area contributed by atoms with Gasteiger partial charge in [0, 0.05) is 12.1 Å². The van der Waals surface area contributed by atoms with Crippen LogP contribution in [0.15, 0.2) is 18.2 Å². The summed E-state index contributed by atoms with van der Waals surface area (Å²) in [5.41, 5.74) is 7.24. The molecule has 5 nitrogen and oxygen atoms in total. The van der Waals surface area contributed by atoms with E-state index in [0.29, 0.717) is 24.6 Å². The van der Waals surface area contributed by atoms with Gasteiger partial charge in [-0.25, -0.2) is 4.79 Å². The average Bonchev–Trinajstić information content (AvgIpc) is 2.39. The lowest BCUT2D eigenvalue weighted by Crippen LogP contribution is -2.23. The number of carbonyl (C=O) groups excluding carboxylic acids is 1. The van der Waals surface area contributed by atoms with E-state index in [4.69, 9.17) is 10.8 Å². The molecule has 21 heavy (non-hydrogen) atoms. The van der Waals surface area contributed by atoms with Gasteiger partial charge in [0.25, 0.3) is 0 Å². The quantitative estimate of drug-likeness (QED) is 0.720. The van der Waals surface area contributed by atoms with Crippen LogP contribution in [-0.2, 0) is 4.79 Å². The van der Waals surface area contributed by atoms with Gasteiger partial charge in [0.1, 0.15) is 0 Å². The Bertz CT molecular complexity index is 512. The van der Waals surface area contributed by atoms with Gasteiger partial charge in [0.15, 0.2) is 0 Å². The molecule has 0 saturated carbocycles. The number of hydrogen-bond acceptors (Lipinski definition) is 3. The first-order valence-electron chi connectivity index (χ1n) is 7.17. The summed E-state index contributed by atoms with van der Waals surface area (Å²) in [4.78, 5) is 23.0. The van der Waals surface area contributed by atoms with Crippen LogP contribution in [0.3, 0.4) is 0 Å². The summed E-state index contributed by atoms with van der Waals surface area (Å²) >= 11 is 0. The molecule has 1 aromatic carbocycles. The highest BCUT2D eigenvalue weighted by Gasteiger charge is 2.15. The third-order valence-electron chi connectivity index (χ3n) is 3.37. The minimum atomic E-state index is -1.01. The monoisotopic (exact) mass is 292 g/mol. The molecule has 0 heterocycles. The summed E-state index contributed by atoms with van der Waals surface area (Å²) in [5, 5.41) is 11.8. The van der Waals surface area contributed by atoms with Gasteiger partial charge in [-0.1, -0.05) is 19.9 Å². The highest BCUT2D eigenvalue weighted by molar-refractivity contribution is 5.94. The second kappa shape index (κ2) is 7.78. The van der Waals surface area contributed by atoms with Gasteiger partial charge in [-0.2, -0.15) is 0 Å². The largest absolute Gasteiger partial charge is 0.478 e. The van der Waals surface area contributed by atoms with Crippen molar-refractivity contribution in [3.05, 3.63) is 29.3 Å². The number of carbonyl (C=O) groups is 2. The molecule has 0 aromatic heterocycles. The first-order valence-corrected chi connectivity index (χ1v) is 7.17. The number of nitrogens with two attached hydrogens (primary N) is 1. The molecule has 116 valence electrons. The second-order valence-corrected chi connectivity index (χ2v) is 5.82. The highest BCUT2D eigenvalue weighted by atomic mass is 16.4. The van der Waals surface area contributed by atoms with Crippen molar-refractivity contribution >= 4 is 17.6 Å². The van der Waals surface area contributed by atoms with Gasteiger partial charge in [-0.3, -0.25) is 4.79 Å². The Balaban J connectivity index is 2.74. The first-order chi connectivity index (χ1) is 9.83. The number of aryl methyl sites for hydroxylation is 1. The van der Waals surface area contributed by atoms with Gasteiger partial charge < -0.3 is 16.2 Å². The van der Waals surface area contributed by atoms with Crippen LogP contribution >= 0.6 is 0 Å². The van der Waals surface area contributed by atoms with Crippen LogP contribution in [0.1, 0.15) is 42.6 Å². The van der Waals surface area contributed by atoms with Crippen molar-refractivity contribution in [1.82, 2.24) is 0 Å². The Morgan fingerprint density at radius 2 is 2.00 bits per heavy atom. The Morgan fingerprint density at radius 3 is 2.52 bits per heavy atom. The molecule has 0 fully saturated rings. The van der Waals surface area contributed by atoms with Crippen molar-refractivity contribution in [3.63, 3.8) is 0 Å². The minimum Gasteiger partial charge on any atom is -0.478 e. The smallest absolute Gasteiger partial charge is 0.335 e. The summed E-state index contributed by atoms with van der Waals surface area (Å²) in [6.07, 6.45) is 1.25. The molecule has 1 aromatic rings. The Morgan fingerprint density at radius 1 is 1.33 bits per heavy atom. The van der Waals surface area contributed by atoms with Crippen molar-refractivity contribution in [2.24, 2.45) is 17.6 Å². The Labute approximate surface area is 125 Å². The summed E-state index contributed by atoms with van der Waals surface area (Å²) in [6, 6.07) is 4.69. The molecule has 0 aliphatic rings. The van der Waals surface area contributed by atoms with E-state index in [1.807, 2.05) is 6.92 Å². The molecule has 0 aliphatic heterocycles. The fourth-order valence-electron chi connectivity index (χ4n) is 2.28. The highest BCUT2D eigenvalue weighted by Crippen LogP contribution is 2.19. The lowest BCUT2D eigenvalue weighted by Gasteiger charge is -2.17. The van der Waals surface area contributed by atoms with Crippen molar-refractivity contribution in [1.29, 1.82) is 0 Å². The van der Waals surface area contributed by atoms with Gasteiger partial charge in [-0.15, -0.1) is 0 Å². The normalized spacial score (nSPS) is 12.2. The van der Waals surface area contributed by atoms with Crippen LogP contribution in [0.5, 0.6) is 0 Å². The first kappa shape index (κ1) is 17.2. The predicted octanol–water partition coefficient (Wildman–Crippen LogP) is 2.64. The maximum atomic E-state index is 12.1. The molecule has 0 bridgehead atoms. The fourth-order valence-corrected chi connectivity index (χ4v) is 2.28. The minimum absolute atomic E-state index is 0.128. The number of carboxylic acids is 1. The van der Waals surface area contributed by atoms with E-state index >= 15 is 0 Å². The molecule has 1 amide bonds. The van der Waals surface area contributed by atoms with E-state index in [0.717, 1.165) is 12.0 Å². The van der Waals surface area contributed by atoms with Crippen molar-refractivity contribution in [2.75, 3.05) is 11.9 Å². The van der Waals surface area contributed by atoms with Crippen LogP contribution in [0.2, 0.25) is 0 Å². The number of aromatic carboxylic acids is 1. The SMILES string of the molecule is Cc1ccc(C(=O)O)cc1NC(=O)C[C@@H](CN)CC(C)C. The number of carboxylic acid groups (broad SMARTS) is 1. The zero-order valence-corrected chi connectivity index (χ0v) is 12.8. The van der Waals surface area contributed by atoms with Gasteiger partial charge in [0.2, 0.25) is 5.91 Å². The molecule has 5 heteroatoms. The number of benzene rings is 1. The zero-order valence-electron chi connectivity index (χ0n) is 12.8. The van der Waals surface area contributed by atoms with Crippen LogP contribution in [0.25, 0.3) is 0 Å². The molecule has 0 radical (unpaired) electrons. The van der Waals surface area contributed by atoms with E-state index < -0.39 is 5.97 Å². The maximum absolute atomic E-state index is 12.1. The molecule has 1 atom stereocenters. The molecular formula is C16H24N2O3. The van der Waals surface area contributed by atoms with E-state index in [-0.39, 0.29) is 17.4 Å². The van der Waals surface area contributed by atoms with Gasteiger partial charge in [-0.05, 0) is 49.4 Å². The van der Waals surface area contributed by atoms with Crippen LogP contribution in [0, 0.1) is 18.8 Å². The number of anilines is 1. The number of amides is 1. The molecule has 0 saturated heterocycles. The molecule has 1 rings (SSSR count). The predicted molar refractivity (Wildman–Crippen MR) is 83.4 cm³/mol. The van der Waals surface area contributed by atoms with Crippen molar-refractivity contribution in [3.8, 4) is 0 Å². The van der Waals surface area contributed by atoms with E-state index in [2.05, 4.69) is 19.2 Å². The van der Waals surface area contributed by atoms with Crippen LogP contribution < -0.4 is 11.1 Å². The maximum Gasteiger partial charge on any atom is 0.335 e. The Hall–Kier alpha value is -1.88. The van der Waals surface area contributed by atoms with Crippen molar-refractivity contribution in [2.45, 2.75) is 33.6 Å².